The first-order chi connectivity index (χ1) is 15.1. The predicted molar refractivity (Wildman–Crippen MR) is 121 cm³/mol. The minimum absolute atomic E-state index is 0.254. The van der Waals surface area contributed by atoms with Crippen LogP contribution in [0, 0.1) is 13.8 Å². The maximum atomic E-state index is 5.74. The van der Waals surface area contributed by atoms with E-state index in [1.54, 1.807) is 0 Å². The first-order valence-corrected chi connectivity index (χ1v) is 11.0. The van der Waals surface area contributed by atoms with Gasteiger partial charge in [0.1, 0.15) is 18.2 Å². The highest BCUT2D eigenvalue weighted by molar-refractivity contribution is 5.79. The fourth-order valence-corrected chi connectivity index (χ4v) is 3.85. The van der Waals surface area contributed by atoms with Crippen molar-refractivity contribution in [2.75, 3.05) is 19.7 Å². The average molecular weight is 425 g/mol. The molecule has 9 nitrogen and oxygen atoms in total. The van der Waals surface area contributed by atoms with E-state index in [0.717, 1.165) is 74.5 Å². The molecule has 9 heteroatoms. The van der Waals surface area contributed by atoms with Gasteiger partial charge in [-0.15, -0.1) is 10.2 Å². The summed E-state index contributed by atoms with van der Waals surface area (Å²) in [6.45, 7) is 7.80. The minimum Gasteiger partial charge on any atom is -0.376 e. The standard InChI is InChI=1S/C22H32N8O/c1-16-26-19-9-4-5-10-20(19)30(16)12-7-11-23-22(24-14-18-8-6-13-31-18)25-15-21-28-27-17(2)29(21)3/h4-5,9-10,18H,6-8,11-15H2,1-3H3,(H2,23,24,25). The van der Waals surface area contributed by atoms with Crippen molar-refractivity contribution in [2.45, 2.75) is 52.3 Å². The second kappa shape index (κ2) is 9.91. The summed E-state index contributed by atoms with van der Waals surface area (Å²) >= 11 is 0. The number of rotatable bonds is 8. The van der Waals surface area contributed by atoms with Gasteiger partial charge in [0.25, 0.3) is 0 Å². The lowest BCUT2D eigenvalue weighted by Gasteiger charge is -2.16. The molecule has 1 aromatic carbocycles. The molecule has 1 atom stereocenters. The molecule has 1 fully saturated rings. The Labute approximate surface area is 182 Å². The molecule has 0 aliphatic carbocycles. The highest BCUT2D eigenvalue weighted by Crippen LogP contribution is 2.15. The van der Waals surface area contributed by atoms with Crippen molar-refractivity contribution in [3.63, 3.8) is 0 Å². The first kappa shape index (κ1) is 21.3. The summed E-state index contributed by atoms with van der Waals surface area (Å²) in [5.41, 5.74) is 2.23. The van der Waals surface area contributed by atoms with Crippen molar-refractivity contribution in [3.8, 4) is 0 Å². The Balaban J connectivity index is 1.34. The van der Waals surface area contributed by atoms with Crippen LogP contribution in [0.4, 0.5) is 0 Å². The number of imidazole rings is 1. The lowest BCUT2D eigenvalue weighted by atomic mass is 10.2. The Bertz CT molecular complexity index is 1030. The maximum Gasteiger partial charge on any atom is 0.191 e. The number of nitrogens with one attached hydrogen (secondary N) is 2. The Hall–Kier alpha value is -2.94. The fraction of sp³-hybridized carbons (Fsp3) is 0.545. The van der Waals surface area contributed by atoms with E-state index in [1.165, 1.54) is 5.52 Å². The van der Waals surface area contributed by atoms with Crippen LogP contribution in [0.3, 0.4) is 0 Å². The van der Waals surface area contributed by atoms with Crippen molar-refractivity contribution >= 4 is 17.0 Å². The molecule has 0 spiro atoms. The van der Waals surface area contributed by atoms with Crippen LogP contribution in [0.15, 0.2) is 29.3 Å². The topological polar surface area (TPSA) is 94.2 Å². The zero-order valence-corrected chi connectivity index (χ0v) is 18.6. The zero-order valence-electron chi connectivity index (χ0n) is 18.6. The molecule has 3 aromatic rings. The van der Waals surface area contributed by atoms with E-state index >= 15 is 0 Å². The normalized spacial score (nSPS) is 16.9. The van der Waals surface area contributed by atoms with Crippen LogP contribution in [0.2, 0.25) is 0 Å². The summed E-state index contributed by atoms with van der Waals surface area (Å²) in [6, 6.07) is 8.28. The van der Waals surface area contributed by atoms with Gasteiger partial charge in [0, 0.05) is 33.3 Å². The van der Waals surface area contributed by atoms with Gasteiger partial charge in [-0.25, -0.2) is 9.98 Å². The molecule has 0 bridgehead atoms. The zero-order chi connectivity index (χ0) is 21.6. The summed E-state index contributed by atoms with van der Waals surface area (Å²) in [4.78, 5) is 9.38. The van der Waals surface area contributed by atoms with Gasteiger partial charge in [0.15, 0.2) is 11.8 Å². The summed E-state index contributed by atoms with van der Waals surface area (Å²) in [5, 5.41) is 15.2. The Morgan fingerprint density at radius 3 is 2.84 bits per heavy atom. The van der Waals surface area contributed by atoms with E-state index in [4.69, 9.17) is 9.73 Å². The minimum atomic E-state index is 0.254. The van der Waals surface area contributed by atoms with Crippen LogP contribution in [0.1, 0.15) is 36.7 Å². The van der Waals surface area contributed by atoms with E-state index in [-0.39, 0.29) is 6.10 Å². The van der Waals surface area contributed by atoms with E-state index in [0.29, 0.717) is 6.54 Å². The highest BCUT2D eigenvalue weighted by atomic mass is 16.5. The number of para-hydroxylation sites is 2. The molecule has 1 saturated heterocycles. The number of benzene rings is 1. The molecule has 3 heterocycles. The quantitative estimate of drug-likeness (QED) is 0.327. The van der Waals surface area contributed by atoms with Crippen LogP contribution in [-0.2, 0) is 24.9 Å². The molecule has 1 unspecified atom stereocenters. The molecule has 2 N–H and O–H groups in total. The van der Waals surface area contributed by atoms with Crippen LogP contribution >= 0.6 is 0 Å². The van der Waals surface area contributed by atoms with Gasteiger partial charge in [0.05, 0.1) is 17.1 Å². The van der Waals surface area contributed by atoms with Crippen LogP contribution in [0.5, 0.6) is 0 Å². The Morgan fingerprint density at radius 1 is 1.19 bits per heavy atom. The molecule has 0 radical (unpaired) electrons. The van der Waals surface area contributed by atoms with Crippen molar-refractivity contribution < 1.29 is 4.74 Å². The SMILES string of the molecule is Cc1nnc(CN=C(NCCCn2c(C)nc3ccccc32)NCC2CCCO2)n1C. The van der Waals surface area contributed by atoms with Crippen molar-refractivity contribution in [3.05, 3.63) is 41.7 Å². The van der Waals surface area contributed by atoms with Gasteiger partial charge < -0.3 is 24.5 Å². The molecule has 2 aromatic heterocycles. The second-order valence-electron chi connectivity index (χ2n) is 7.98. The van der Waals surface area contributed by atoms with Gasteiger partial charge in [-0.2, -0.15) is 0 Å². The van der Waals surface area contributed by atoms with Crippen molar-refractivity contribution in [1.82, 2.24) is 34.9 Å². The van der Waals surface area contributed by atoms with Gasteiger partial charge in [0.2, 0.25) is 0 Å². The number of ether oxygens (including phenoxy) is 1. The number of hydrogen-bond donors (Lipinski definition) is 2. The monoisotopic (exact) mass is 424 g/mol. The van der Waals surface area contributed by atoms with E-state index in [1.807, 2.05) is 24.6 Å². The smallest absolute Gasteiger partial charge is 0.191 e. The van der Waals surface area contributed by atoms with Crippen LogP contribution in [0.25, 0.3) is 11.0 Å². The van der Waals surface area contributed by atoms with Gasteiger partial charge >= 0.3 is 0 Å². The number of hydrogen-bond acceptors (Lipinski definition) is 5. The molecule has 4 rings (SSSR count). The number of aryl methyl sites for hydroxylation is 3. The number of nitrogens with zero attached hydrogens (tertiary/aromatic N) is 6. The molecule has 0 amide bonds. The molecule has 31 heavy (non-hydrogen) atoms. The second-order valence-corrected chi connectivity index (χ2v) is 7.98. The Kier molecular flexibility index (Phi) is 6.81. The number of aliphatic imine (C=N–C) groups is 1. The molecule has 1 aliphatic heterocycles. The maximum absolute atomic E-state index is 5.74. The molecule has 166 valence electrons. The predicted octanol–water partition coefficient (Wildman–Crippen LogP) is 2.09. The average Bonchev–Trinajstić information content (AvgIpc) is 3.48. The largest absolute Gasteiger partial charge is 0.376 e. The summed E-state index contributed by atoms with van der Waals surface area (Å²) < 4.78 is 9.98. The van der Waals surface area contributed by atoms with Gasteiger partial charge in [-0.05, 0) is 45.2 Å². The third-order valence-corrected chi connectivity index (χ3v) is 5.78. The van der Waals surface area contributed by atoms with Crippen molar-refractivity contribution in [2.24, 2.45) is 12.0 Å². The number of aromatic nitrogens is 5. The highest BCUT2D eigenvalue weighted by Gasteiger charge is 2.16. The fourth-order valence-electron chi connectivity index (χ4n) is 3.85. The van der Waals surface area contributed by atoms with Gasteiger partial charge in [-0.1, -0.05) is 12.1 Å². The lowest BCUT2D eigenvalue weighted by molar-refractivity contribution is 0.114. The van der Waals surface area contributed by atoms with Crippen molar-refractivity contribution in [1.29, 1.82) is 0 Å². The molecular formula is C22H32N8O. The van der Waals surface area contributed by atoms with Crippen LogP contribution < -0.4 is 10.6 Å². The lowest BCUT2D eigenvalue weighted by Crippen LogP contribution is -2.41. The molecule has 0 saturated carbocycles. The third kappa shape index (κ3) is 5.22. The molecule has 1 aliphatic rings. The summed E-state index contributed by atoms with van der Waals surface area (Å²) in [7, 11) is 1.96. The van der Waals surface area contributed by atoms with E-state index in [2.05, 4.69) is 55.5 Å². The Morgan fingerprint density at radius 2 is 2.06 bits per heavy atom. The first-order valence-electron chi connectivity index (χ1n) is 11.0. The summed E-state index contributed by atoms with van der Waals surface area (Å²) in [6.07, 6.45) is 3.44. The number of guanidine groups is 1. The summed E-state index contributed by atoms with van der Waals surface area (Å²) in [5.74, 6) is 3.55. The number of fused-ring (bicyclic) bond motifs is 1. The van der Waals surface area contributed by atoms with Crippen LogP contribution in [-0.4, -0.2) is 56.1 Å². The molecular weight excluding hydrogens is 392 g/mol. The van der Waals surface area contributed by atoms with E-state index in [9.17, 15) is 0 Å². The third-order valence-electron chi connectivity index (χ3n) is 5.78. The van der Waals surface area contributed by atoms with E-state index < -0.39 is 0 Å². The van der Waals surface area contributed by atoms with Gasteiger partial charge in [-0.3, -0.25) is 0 Å².